The molecule has 0 aromatic heterocycles. The number of hydrogen-bond acceptors (Lipinski definition) is 6. The molecule has 0 atom stereocenters. The number of ether oxygens (including phenoxy) is 3. The Balaban J connectivity index is 0.000000174. The molecule has 1 aliphatic rings. The molecule has 2 aromatic rings. The number of carbonyl (C=O) groups is 1. The van der Waals surface area contributed by atoms with Crippen molar-refractivity contribution >= 4 is 5.97 Å². The van der Waals surface area contributed by atoms with Crippen molar-refractivity contribution < 1.29 is 29.2 Å². The number of esters is 1. The average molecular weight is 332 g/mol. The molecular formula is C18H20O6. The fraction of sp³-hybridized carbons (Fsp3) is 0.278. The largest absolute Gasteiger partial charge is 0.508 e. The molecule has 6 heteroatoms. The second-order valence-electron chi connectivity index (χ2n) is 5.02. The minimum atomic E-state index is -0.213. The summed E-state index contributed by atoms with van der Waals surface area (Å²) in [7, 11) is 3.12. The van der Waals surface area contributed by atoms with Gasteiger partial charge in [-0.25, -0.2) is 0 Å². The van der Waals surface area contributed by atoms with Crippen LogP contribution in [0.4, 0.5) is 0 Å². The lowest BCUT2D eigenvalue weighted by Gasteiger charge is -2.08. The highest BCUT2D eigenvalue weighted by atomic mass is 16.5. The number of benzene rings is 2. The van der Waals surface area contributed by atoms with Gasteiger partial charge >= 0.3 is 5.97 Å². The smallest absolute Gasteiger partial charge is 0.315 e. The number of phenolic OH excluding ortho intramolecular Hbond substituents is 1. The number of carbonyl (C=O) groups excluding carboxylic acids is 1. The normalized spacial score (nSPS) is 11.9. The first-order valence-electron chi connectivity index (χ1n) is 7.43. The highest BCUT2D eigenvalue weighted by molar-refractivity contribution is 5.82. The van der Waals surface area contributed by atoms with E-state index in [2.05, 4.69) is 0 Å². The van der Waals surface area contributed by atoms with Gasteiger partial charge in [0.15, 0.2) is 0 Å². The van der Waals surface area contributed by atoms with Gasteiger partial charge in [0.1, 0.15) is 23.0 Å². The van der Waals surface area contributed by atoms with Crippen LogP contribution in [0.2, 0.25) is 0 Å². The molecule has 6 nitrogen and oxygen atoms in total. The highest BCUT2D eigenvalue weighted by Gasteiger charge is 2.23. The lowest BCUT2D eigenvalue weighted by atomic mass is 10.1. The predicted octanol–water partition coefficient (Wildman–Crippen LogP) is 2.09. The number of aliphatic hydroxyl groups is 1. The van der Waals surface area contributed by atoms with Gasteiger partial charge in [-0.15, -0.1) is 0 Å². The Labute approximate surface area is 140 Å². The van der Waals surface area contributed by atoms with E-state index in [1.807, 2.05) is 6.07 Å². The maximum absolute atomic E-state index is 10.9. The van der Waals surface area contributed by atoms with Crippen molar-refractivity contribution in [1.82, 2.24) is 0 Å². The molecule has 0 unspecified atom stereocenters. The van der Waals surface area contributed by atoms with E-state index in [0.717, 1.165) is 11.3 Å². The van der Waals surface area contributed by atoms with Crippen molar-refractivity contribution in [3.63, 3.8) is 0 Å². The summed E-state index contributed by atoms with van der Waals surface area (Å²) in [6, 6.07) is 10.4. The van der Waals surface area contributed by atoms with Crippen molar-refractivity contribution in [3.8, 4) is 23.0 Å². The molecule has 1 heterocycles. The fourth-order valence-corrected chi connectivity index (χ4v) is 2.42. The van der Waals surface area contributed by atoms with Gasteiger partial charge in [0.05, 0.1) is 20.6 Å². The van der Waals surface area contributed by atoms with Gasteiger partial charge in [-0.3, -0.25) is 4.79 Å². The summed E-state index contributed by atoms with van der Waals surface area (Å²) >= 11 is 0. The van der Waals surface area contributed by atoms with Crippen LogP contribution in [0.5, 0.6) is 23.0 Å². The number of aromatic hydroxyl groups is 1. The standard InChI is InChI=1S/C9H8O3.C9H12O3/c1-11-7-3-2-4-8-6(7)5-9(10)12-8;1-12-9-4-2-3-8(11)7(9)5-6-10/h2-4H,5H2,1H3;2-4,10-11H,5-6H2,1H3. The molecule has 0 amide bonds. The first-order chi connectivity index (χ1) is 11.6. The Bertz CT molecular complexity index is 711. The van der Waals surface area contributed by atoms with Crippen LogP contribution in [-0.2, 0) is 17.6 Å². The second kappa shape index (κ2) is 8.21. The molecule has 0 saturated carbocycles. The molecule has 128 valence electrons. The van der Waals surface area contributed by atoms with Crippen molar-refractivity contribution in [2.24, 2.45) is 0 Å². The molecule has 0 saturated heterocycles. The number of methoxy groups -OCH3 is 2. The summed E-state index contributed by atoms with van der Waals surface area (Å²) in [5.41, 5.74) is 1.51. The fourth-order valence-electron chi connectivity index (χ4n) is 2.42. The number of hydrogen-bond donors (Lipinski definition) is 2. The third kappa shape index (κ3) is 3.97. The Morgan fingerprint density at radius 1 is 1.08 bits per heavy atom. The van der Waals surface area contributed by atoms with E-state index in [9.17, 15) is 9.90 Å². The zero-order valence-corrected chi connectivity index (χ0v) is 13.6. The monoisotopic (exact) mass is 332 g/mol. The van der Waals surface area contributed by atoms with Crippen molar-refractivity contribution in [2.45, 2.75) is 12.8 Å². The Morgan fingerprint density at radius 2 is 1.75 bits per heavy atom. The Morgan fingerprint density at radius 3 is 2.42 bits per heavy atom. The van der Waals surface area contributed by atoms with Crippen LogP contribution in [0.1, 0.15) is 11.1 Å². The minimum absolute atomic E-state index is 0.00787. The quantitative estimate of drug-likeness (QED) is 0.659. The Kier molecular flexibility index (Phi) is 6.03. The van der Waals surface area contributed by atoms with Gasteiger partial charge in [-0.2, -0.15) is 0 Å². The summed E-state index contributed by atoms with van der Waals surface area (Å²) in [6.45, 7) is 0.00787. The zero-order valence-electron chi connectivity index (χ0n) is 13.6. The lowest BCUT2D eigenvalue weighted by molar-refractivity contribution is -0.131. The van der Waals surface area contributed by atoms with Gasteiger partial charge in [0, 0.05) is 24.2 Å². The van der Waals surface area contributed by atoms with Gasteiger partial charge in [0.2, 0.25) is 0 Å². The molecule has 2 aromatic carbocycles. The van der Waals surface area contributed by atoms with Crippen molar-refractivity contribution in [1.29, 1.82) is 0 Å². The average Bonchev–Trinajstić information content (AvgIpc) is 2.97. The molecular weight excluding hydrogens is 312 g/mol. The Hall–Kier alpha value is -2.73. The maximum Gasteiger partial charge on any atom is 0.315 e. The minimum Gasteiger partial charge on any atom is -0.508 e. The first kappa shape index (κ1) is 17.6. The molecule has 2 N–H and O–H groups in total. The molecule has 1 aliphatic heterocycles. The molecule has 0 bridgehead atoms. The van der Waals surface area contributed by atoms with Crippen LogP contribution in [-0.4, -0.2) is 37.0 Å². The van der Waals surface area contributed by atoms with Gasteiger partial charge in [0.25, 0.3) is 0 Å². The first-order valence-corrected chi connectivity index (χ1v) is 7.43. The summed E-state index contributed by atoms with van der Waals surface area (Å²) in [5, 5.41) is 18.1. The maximum atomic E-state index is 10.9. The topological polar surface area (TPSA) is 85.2 Å². The third-order valence-corrected chi connectivity index (χ3v) is 3.54. The number of fused-ring (bicyclic) bond motifs is 1. The third-order valence-electron chi connectivity index (χ3n) is 3.54. The van der Waals surface area contributed by atoms with Crippen LogP contribution in [0.15, 0.2) is 36.4 Å². The molecule has 3 rings (SSSR count). The van der Waals surface area contributed by atoms with E-state index in [1.165, 1.54) is 7.11 Å². The van der Waals surface area contributed by atoms with Crippen LogP contribution in [0.25, 0.3) is 0 Å². The molecule has 0 fully saturated rings. The summed E-state index contributed by atoms with van der Waals surface area (Å²) in [4.78, 5) is 10.9. The van der Waals surface area contributed by atoms with Crippen LogP contribution < -0.4 is 14.2 Å². The van der Waals surface area contributed by atoms with E-state index in [1.54, 1.807) is 37.4 Å². The molecule has 0 radical (unpaired) electrons. The highest BCUT2D eigenvalue weighted by Crippen LogP contribution is 2.33. The van der Waals surface area contributed by atoms with Crippen molar-refractivity contribution in [2.75, 3.05) is 20.8 Å². The summed E-state index contributed by atoms with van der Waals surface area (Å²) < 4.78 is 15.0. The van der Waals surface area contributed by atoms with Gasteiger partial charge in [-0.1, -0.05) is 12.1 Å². The number of rotatable bonds is 4. The number of aliphatic hydroxyl groups excluding tert-OH is 1. The number of phenols is 1. The van der Waals surface area contributed by atoms with Crippen LogP contribution in [0.3, 0.4) is 0 Å². The molecule has 0 spiro atoms. The van der Waals surface area contributed by atoms with Crippen molar-refractivity contribution in [3.05, 3.63) is 47.5 Å². The van der Waals surface area contributed by atoms with E-state index >= 15 is 0 Å². The predicted molar refractivity (Wildman–Crippen MR) is 87.8 cm³/mol. The van der Waals surface area contributed by atoms with Gasteiger partial charge in [-0.05, 0) is 24.3 Å². The van der Waals surface area contributed by atoms with E-state index in [4.69, 9.17) is 19.3 Å². The van der Waals surface area contributed by atoms with Gasteiger partial charge < -0.3 is 24.4 Å². The summed E-state index contributed by atoms with van der Waals surface area (Å²) in [5.74, 6) is 1.92. The van der Waals surface area contributed by atoms with Crippen LogP contribution >= 0.6 is 0 Å². The molecule has 0 aliphatic carbocycles. The van der Waals surface area contributed by atoms with E-state index in [0.29, 0.717) is 29.9 Å². The SMILES string of the molecule is COc1cccc(O)c1CCO.COc1cccc2c1CC(=O)O2. The summed E-state index contributed by atoms with van der Waals surface area (Å²) in [6.07, 6.45) is 0.731. The molecule has 24 heavy (non-hydrogen) atoms. The van der Waals surface area contributed by atoms with Crippen LogP contribution in [0, 0.1) is 0 Å². The zero-order chi connectivity index (χ0) is 17.5. The second-order valence-corrected chi connectivity index (χ2v) is 5.02. The van der Waals surface area contributed by atoms with E-state index < -0.39 is 0 Å². The lowest BCUT2D eigenvalue weighted by Crippen LogP contribution is -2.00. The van der Waals surface area contributed by atoms with E-state index in [-0.39, 0.29) is 18.3 Å².